The Kier molecular flexibility index (Phi) is 8.79. The van der Waals surface area contributed by atoms with E-state index in [0.29, 0.717) is 6.04 Å². The molecule has 1 aromatic rings. The van der Waals surface area contributed by atoms with E-state index >= 15 is 0 Å². The van der Waals surface area contributed by atoms with Crippen molar-refractivity contribution in [2.24, 2.45) is 0 Å². The van der Waals surface area contributed by atoms with Crippen molar-refractivity contribution in [1.29, 1.82) is 0 Å². The molecule has 21 heavy (non-hydrogen) atoms. The van der Waals surface area contributed by atoms with Crippen LogP contribution in [-0.2, 0) is 6.54 Å². The van der Waals surface area contributed by atoms with Gasteiger partial charge >= 0.3 is 0 Å². The van der Waals surface area contributed by atoms with Crippen molar-refractivity contribution in [2.45, 2.75) is 66.0 Å². The summed E-state index contributed by atoms with van der Waals surface area (Å²) >= 11 is 6.19. The van der Waals surface area contributed by atoms with E-state index in [1.54, 1.807) is 0 Å². The summed E-state index contributed by atoms with van der Waals surface area (Å²) in [7, 11) is 0. The molecule has 0 aromatic heterocycles. The minimum Gasteiger partial charge on any atom is -0.369 e. The first-order chi connectivity index (χ1) is 10.1. The molecule has 0 spiro atoms. The van der Waals surface area contributed by atoms with Crippen molar-refractivity contribution in [3.8, 4) is 0 Å². The van der Waals surface area contributed by atoms with Gasteiger partial charge in [0.1, 0.15) is 0 Å². The van der Waals surface area contributed by atoms with Crippen LogP contribution in [0.1, 0.15) is 58.9 Å². The Morgan fingerprint density at radius 1 is 1.14 bits per heavy atom. The van der Waals surface area contributed by atoms with Gasteiger partial charge in [0.05, 0.1) is 0 Å². The van der Waals surface area contributed by atoms with Gasteiger partial charge in [-0.05, 0) is 57.0 Å². The first-order valence-electron chi connectivity index (χ1n) is 8.35. The third-order valence-corrected chi connectivity index (χ3v) is 3.95. The van der Waals surface area contributed by atoms with E-state index < -0.39 is 0 Å². The lowest BCUT2D eigenvalue weighted by Gasteiger charge is -2.31. The van der Waals surface area contributed by atoms with E-state index in [1.807, 2.05) is 6.07 Å². The highest BCUT2D eigenvalue weighted by Crippen LogP contribution is 2.26. The van der Waals surface area contributed by atoms with Gasteiger partial charge in [0.2, 0.25) is 0 Å². The van der Waals surface area contributed by atoms with Gasteiger partial charge in [-0.25, -0.2) is 0 Å². The molecule has 0 saturated carbocycles. The lowest BCUT2D eigenvalue weighted by Crippen LogP contribution is -2.33. The van der Waals surface area contributed by atoms with Crippen molar-refractivity contribution in [3.05, 3.63) is 28.8 Å². The second kappa shape index (κ2) is 10.1. The predicted molar refractivity (Wildman–Crippen MR) is 95.5 cm³/mol. The van der Waals surface area contributed by atoms with Crippen LogP contribution < -0.4 is 10.2 Å². The largest absolute Gasteiger partial charge is 0.369 e. The number of rotatable bonds is 10. The zero-order valence-electron chi connectivity index (χ0n) is 14.1. The summed E-state index contributed by atoms with van der Waals surface area (Å²) in [4.78, 5) is 2.51. The van der Waals surface area contributed by atoms with Gasteiger partial charge in [0.25, 0.3) is 0 Å². The smallest absolute Gasteiger partial charge is 0.0415 e. The first kappa shape index (κ1) is 18.3. The second-order valence-electron chi connectivity index (χ2n) is 5.94. The summed E-state index contributed by atoms with van der Waals surface area (Å²) in [5.41, 5.74) is 2.63. The normalized spacial score (nSPS) is 11.1. The first-order valence-corrected chi connectivity index (χ1v) is 8.73. The highest BCUT2D eigenvalue weighted by Gasteiger charge is 2.14. The predicted octanol–water partition coefficient (Wildman–Crippen LogP) is 5.24. The van der Waals surface area contributed by atoms with Crippen LogP contribution >= 0.6 is 11.6 Å². The summed E-state index contributed by atoms with van der Waals surface area (Å²) in [5, 5.41) is 4.32. The van der Waals surface area contributed by atoms with Crippen molar-refractivity contribution in [2.75, 3.05) is 18.0 Å². The summed E-state index contributed by atoms with van der Waals surface area (Å²) in [6.07, 6.45) is 4.96. The van der Waals surface area contributed by atoms with Gasteiger partial charge in [0, 0.05) is 29.8 Å². The van der Waals surface area contributed by atoms with Gasteiger partial charge in [-0.15, -0.1) is 0 Å². The number of halogens is 1. The zero-order chi connectivity index (χ0) is 15.7. The van der Waals surface area contributed by atoms with Gasteiger partial charge in [-0.3, -0.25) is 0 Å². The molecule has 120 valence electrons. The number of benzene rings is 1. The number of anilines is 1. The van der Waals surface area contributed by atoms with E-state index in [2.05, 4.69) is 50.0 Å². The van der Waals surface area contributed by atoms with E-state index in [1.165, 1.54) is 30.5 Å². The van der Waals surface area contributed by atoms with Crippen molar-refractivity contribution in [1.82, 2.24) is 5.32 Å². The third-order valence-electron chi connectivity index (χ3n) is 3.72. The number of hydrogen-bond donors (Lipinski definition) is 1. The molecular formula is C18H31ClN2. The van der Waals surface area contributed by atoms with Crippen LogP contribution in [0.4, 0.5) is 5.69 Å². The lowest BCUT2D eigenvalue weighted by molar-refractivity contribution is 0.618. The highest BCUT2D eigenvalue weighted by atomic mass is 35.5. The fraction of sp³-hybridized carbons (Fsp3) is 0.667. The molecule has 0 amide bonds. The van der Waals surface area contributed by atoms with Crippen molar-refractivity contribution >= 4 is 17.3 Å². The maximum absolute atomic E-state index is 6.19. The Hall–Kier alpha value is -0.730. The quantitative estimate of drug-likeness (QED) is 0.594. The fourth-order valence-corrected chi connectivity index (χ4v) is 2.76. The molecule has 1 aromatic carbocycles. The number of nitrogens with one attached hydrogen (secondary N) is 1. The van der Waals surface area contributed by atoms with Crippen molar-refractivity contribution in [3.63, 3.8) is 0 Å². The molecule has 1 rings (SSSR count). The monoisotopic (exact) mass is 310 g/mol. The third kappa shape index (κ3) is 6.27. The van der Waals surface area contributed by atoms with Crippen LogP contribution in [0, 0.1) is 0 Å². The maximum atomic E-state index is 6.19. The minimum atomic E-state index is 0.507. The van der Waals surface area contributed by atoms with E-state index in [4.69, 9.17) is 11.6 Å². The average molecular weight is 311 g/mol. The minimum absolute atomic E-state index is 0.507. The Balaban J connectivity index is 2.88. The summed E-state index contributed by atoms with van der Waals surface area (Å²) < 4.78 is 0. The molecule has 0 unspecified atom stereocenters. The molecule has 2 nitrogen and oxygen atoms in total. The van der Waals surface area contributed by atoms with Crippen molar-refractivity contribution < 1.29 is 0 Å². The summed E-state index contributed by atoms with van der Waals surface area (Å²) in [5.74, 6) is 0. The molecule has 0 radical (unpaired) electrons. The van der Waals surface area contributed by atoms with Gasteiger partial charge in [-0.2, -0.15) is 0 Å². The molecule has 0 bridgehead atoms. The molecule has 0 aliphatic carbocycles. The number of nitrogens with zero attached hydrogens (tertiary/aromatic N) is 1. The van der Waals surface area contributed by atoms with E-state index in [-0.39, 0.29) is 0 Å². The van der Waals surface area contributed by atoms with Crippen LogP contribution in [0.5, 0.6) is 0 Å². The van der Waals surface area contributed by atoms with Gasteiger partial charge < -0.3 is 10.2 Å². The Bertz CT molecular complexity index is 404. The van der Waals surface area contributed by atoms with E-state index in [0.717, 1.165) is 31.1 Å². The lowest BCUT2D eigenvalue weighted by atomic mass is 10.1. The standard InChI is InChI=1S/C18H31ClN2/c1-5-7-8-12-21(15(3)4)18-10-9-17(19)13-16(18)14-20-11-6-2/h9-10,13,15,20H,5-8,11-12,14H2,1-4H3. The highest BCUT2D eigenvalue weighted by molar-refractivity contribution is 6.30. The number of hydrogen-bond acceptors (Lipinski definition) is 2. The molecule has 0 aliphatic rings. The summed E-state index contributed by atoms with van der Waals surface area (Å²) in [6.45, 7) is 12.0. The maximum Gasteiger partial charge on any atom is 0.0415 e. The van der Waals surface area contributed by atoms with Gasteiger partial charge in [-0.1, -0.05) is 38.3 Å². The number of unbranched alkanes of at least 4 members (excludes halogenated alkanes) is 2. The average Bonchev–Trinajstić information content (AvgIpc) is 2.45. The molecular weight excluding hydrogens is 280 g/mol. The molecule has 0 atom stereocenters. The fourth-order valence-electron chi connectivity index (χ4n) is 2.56. The van der Waals surface area contributed by atoms with Crippen LogP contribution in [0.25, 0.3) is 0 Å². The molecule has 0 heterocycles. The Morgan fingerprint density at radius 2 is 1.90 bits per heavy atom. The van der Waals surface area contributed by atoms with Crippen LogP contribution in [0.15, 0.2) is 18.2 Å². The summed E-state index contributed by atoms with van der Waals surface area (Å²) in [6, 6.07) is 6.80. The van der Waals surface area contributed by atoms with Gasteiger partial charge in [0.15, 0.2) is 0 Å². The second-order valence-corrected chi connectivity index (χ2v) is 6.38. The molecule has 0 saturated heterocycles. The van der Waals surface area contributed by atoms with E-state index in [9.17, 15) is 0 Å². The molecule has 0 fully saturated rings. The Labute approximate surface area is 135 Å². The van der Waals surface area contributed by atoms with Crippen LogP contribution in [-0.4, -0.2) is 19.1 Å². The SMILES string of the molecule is CCCCCN(c1ccc(Cl)cc1CNCCC)C(C)C. The molecule has 0 aliphatic heterocycles. The topological polar surface area (TPSA) is 15.3 Å². The molecule has 1 N–H and O–H groups in total. The van der Waals surface area contributed by atoms with Crippen LogP contribution in [0.2, 0.25) is 5.02 Å². The van der Waals surface area contributed by atoms with Crippen LogP contribution in [0.3, 0.4) is 0 Å². The Morgan fingerprint density at radius 3 is 2.52 bits per heavy atom. The zero-order valence-corrected chi connectivity index (χ0v) is 14.8. The molecule has 3 heteroatoms.